The Morgan fingerprint density at radius 3 is 2.70 bits per heavy atom. The van der Waals surface area contributed by atoms with Crippen LogP contribution < -0.4 is 5.73 Å². The number of thiophene rings is 1. The van der Waals surface area contributed by atoms with E-state index >= 15 is 0 Å². The van der Waals surface area contributed by atoms with Gasteiger partial charge in [-0.15, -0.1) is 11.3 Å². The molecule has 20 heavy (non-hydrogen) atoms. The summed E-state index contributed by atoms with van der Waals surface area (Å²) in [6.07, 6.45) is 4.65. The molecule has 1 amide bonds. The van der Waals surface area contributed by atoms with Crippen molar-refractivity contribution in [3.05, 3.63) is 19.2 Å². The highest BCUT2D eigenvalue weighted by Crippen LogP contribution is 2.35. The van der Waals surface area contributed by atoms with E-state index in [4.69, 9.17) is 5.73 Å². The summed E-state index contributed by atoms with van der Waals surface area (Å²) in [6, 6.07) is 2.20. The van der Waals surface area contributed by atoms with Crippen LogP contribution in [0.15, 0.2) is 14.3 Å². The zero-order valence-corrected chi connectivity index (χ0v) is 15.6. The average Bonchev–Trinajstić information content (AvgIpc) is 2.80. The van der Waals surface area contributed by atoms with Crippen LogP contribution in [0.3, 0.4) is 0 Å². The molecule has 1 aliphatic carbocycles. The van der Waals surface area contributed by atoms with Crippen LogP contribution in [0.1, 0.15) is 42.3 Å². The molecule has 2 atom stereocenters. The first-order valence-electron chi connectivity index (χ1n) is 7.04. The van der Waals surface area contributed by atoms with Crippen LogP contribution in [0.4, 0.5) is 0 Å². The van der Waals surface area contributed by atoms with E-state index in [-0.39, 0.29) is 5.91 Å². The molecular formula is C14H20Br2N2OS. The number of hydrogen-bond acceptors (Lipinski definition) is 3. The Bertz CT molecular complexity index is 458. The van der Waals surface area contributed by atoms with Crippen molar-refractivity contribution in [3.63, 3.8) is 0 Å². The fourth-order valence-corrected chi connectivity index (χ4v) is 4.99. The number of rotatable bonds is 4. The van der Waals surface area contributed by atoms with Crippen LogP contribution >= 0.6 is 43.2 Å². The fraction of sp³-hybridized carbons (Fsp3) is 0.643. The third kappa shape index (κ3) is 3.46. The maximum atomic E-state index is 12.8. The zero-order valence-electron chi connectivity index (χ0n) is 11.6. The summed E-state index contributed by atoms with van der Waals surface area (Å²) in [5, 5.41) is 0. The normalized spacial score (nSPS) is 22.8. The van der Waals surface area contributed by atoms with E-state index in [1.807, 2.05) is 11.0 Å². The zero-order chi connectivity index (χ0) is 14.7. The average molecular weight is 424 g/mol. The number of amides is 1. The Morgan fingerprint density at radius 2 is 2.15 bits per heavy atom. The summed E-state index contributed by atoms with van der Waals surface area (Å²) in [5.74, 6) is 0.578. The number of carbonyl (C=O) groups excluding carboxylic acids is 1. The number of nitrogens with two attached hydrogens (primary N) is 1. The summed E-state index contributed by atoms with van der Waals surface area (Å²) in [4.78, 5) is 15.6. The number of hydrogen-bond donors (Lipinski definition) is 1. The number of halogens is 2. The van der Waals surface area contributed by atoms with Crippen LogP contribution in [0, 0.1) is 5.92 Å². The number of nitrogens with zero attached hydrogens (tertiary/aromatic N) is 1. The molecule has 1 aromatic heterocycles. The van der Waals surface area contributed by atoms with E-state index in [2.05, 4.69) is 38.8 Å². The lowest BCUT2D eigenvalue weighted by Gasteiger charge is -2.39. The molecule has 0 aliphatic heterocycles. The maximum Gasteiger partial charge on any atom is 0.264 e. The topological polar surface area (TPSA) is 46.3 Å². The van der Waals surface area contributed by atoms with Crippen molar-refractivity contribution in [1.82, 2.24) is 4.90 Å². The Balaban J connectivity index is 2.20. The first kappa shape index (κ1) is 16.5. The van der Waals surface area contributed by atoms with Gasteiger partial charge in [0.25, 0.3) is 5.91 Å². The van der Waals surface area contributed by atoms with Crippen LogP contribution in [0.2, 0.25) is 0 Å². The second kappa shape index (κ2) is 7.38. The van der Waals surface area contributed by atoms with E-state index in [1.54, 1.807) is 0 Å². The highest BCUT2D eigenvalue weighted by molar-refractivity contribution is 9.13. The minimum atomic E-state index is 0.134. The van der Waals surface area contributed by atoms with Crippen molar-refractivity contribution in [3.8, 4) is 0 Å². The van der Waals surface area contributed by atoms with Crippen LogP contribution in [-0.4, -0.2) is 29.9 Å². The van der Waals surface area contributed by atoms with Crippen molar-refractivity contribution in [2.45, 2.75) is 38.6 Å². The Morgan fingerprint density at radius 1 is 1.45 bits per heavy atom. The molecule has 6 heteroatoms. The van der Waals surface area contributed by atoms with Crippen molar-refractivity contribution in [2.24, 2.45) is 11.7 Å². The molecule has 1 fully saturated rings. The summed E-state index contributed by atoms with van der Waals surface area (Å²) in [7, 11) is 0. The van der Waals surface area contributed by atoms with Crippen LogP contribution in [0.25, 0.3) is 0 Å². The molecule has 1 saturated carbocycles. The van der Waals surface area contributed by atoms with Gasteiger partial charge in [-0.25, -0.2) is 0 Å². The predicted octanol–water partition coefficient (Wildman–Crippen LogP) is 4.25. The summed E-state index contributed by atoms with van der Waals surface area (Å²) in [6.45, 7) is 3.47. The van der Waals surface area contributed by atoms with Gasteiger partial charge in [-0.3, -0.25) is 4.79 Å². The lowest BCUT2D eigenvalue weighted by Crippen LogP contribution is -2.47. The predicted molar refractivity (Wildman–Crippen MR) is 91.2 cm³/mol. The van der Waals surface area contributed by atoms with E-state index in [0.29, 0.717) is 18.5 Å². The third-order valence-electron chi connectivity index (χ3n) is 4.03. The Kier molecular flexibility index (Phi) is 6.08. The molecule has 0 bridgehead atoms. The van der Waals surface area contributed by atoms with Gasteiger partial charge in [-0.1, -0.05) is 12.8 Å². The molecule has 2 rings (SSSR count). The van der Waals surface area contributed by atoms with E-state index < -0.39 is 0 Å². The minimum absolute atomic E-state index is 0.134. The SMILES string of the molecule is CCN(C(=O)c1cc(Br)c(Br)s1)C1CCCCC1CN. The molecule has 112 valence electrons. The molecule has 3 nitrogen and oxygen atoms in total. The van der Waals surface area contributed by atoms with E-state index in [1.165, 1.54) is 24.2 Å². The van der Waals surface area contributed by atoms with Gasteiger partial charge in [-0.2, -0.15) is 0 Å². The van der Waals surface area contributed by atoms with Gasteiger partial charge in [0.1, 0.15) is 0 Å². The highest BCUT2D eigenvalue weighted by Gasteiger charge is 2.32. The standard InChI is InChI=1S/C14H20Br2N2OS/c1-2-18(11-6-4-3-5-9(11)8-17)14(19)12-7-10(15)13(16)20-12/h7,9,11H,2-6,8,17H2,1H3. The molecule has 0 aromatic carbocycles. The number of carbonyl (C=O) groups is 1. The molecule has 0 spiro atoms. The second-order valence-electron chi connectivity index (χ2n) is 5.17. The fourth-order valence-electron chi connectivity index (χ4n) is 3.00. The molecule has 2 unspecified atom stereocenters. The van der Waals surface area contributed by atoms with Gasteiger partial charge in [-0.05, 0) is 70.2 Å². The van der Waals surface area contributed by atoms with Crippen molar-refractivity contribution < 1.29 is 4.79 Å². The van der Waals surface area contributed by atoms with Crippen LogP contribution in [-0.2, 0) is 0 Å². The summed E-state index contributed by atoms with van der Waals surface area (Å²) >= 11 is 8.39. The monoisotopic (exact) mass is 422 g/mol. The molecule has 2 N–H and O–H groups in total. The highest BCUT2D eigenvalue weighted by atomic mass is 79.9. The minimum Gasteiger partial charge on any atom is -0.335 e. The smallest absolute Gasteiger partial charge is 0.264 e. The largest absolute Gasteiger partial charge is 0.335 e. The second-order valence-corrected chi connectivity index (χ2v) is 8.40. The molecule has 1 aliphatic rings. The summed E-state index contributed by atoms with van der Waals surface area (Å²) < 4.78 is 1.91. The van der Waals surface area contributed by atoms with Crippen molar-refractivity contribution in [1.29, 1.82) is 0 Å². The van der Waals surface area contributed by atoms with Gasteiger partial charge in [0, 0.05) is 17.1 Å². The Labute approximate surface area is 141 Å². The van der Waals surface area contributed by atoms with Gasteiger partial charge in [0.2, 0.25) is 0 Å². The van der Waals surface area contributed by atoms with Gasteiger partial charge < -0.3 is 10.6 Å². The molecule has 0 radical (unpaired) electrons. The first-order chi connectivity index (χ1) is 9.58. The van der Waals surface area contributed by atoms with Crippen LogP contribution in [0.5, 0.6) is 0 Å². The molecule has 1 heterocycles. The maximum absolute atomic E-state index is 12.8. The van der Waals surface area contributed by atoms with Crippen molar-refractivity contribution in [2.75, 3.05) is 13.1 Å². The lowest BCUT2D eigenvalue weighted by atomic mass is 9.83. The van der Waals surface area contributed by atoms with Gasteiger partial charge in [0.05, 0.1) is 8.66 Å². The third-order valence-corrected chi connectivity index (χ3v) is 7.27. The van der Waals surface area contributed by atoms with E-state index in [9.17, 15) is 4.79 Å². The first-order valence-corrected chi connectivity index (χ1v) is 9.44. The van der Waals surface area contributed by atoms with Crippen molar-refractivity contribution >= 4 is 49.1 Å². The molecule has 0 saturated heterocycles. The quantitative estimate of drug-likeness (QED) is 0.786. The Hall–Kier alpha value is 0.0900. The lowest BCUT2D eigenvalue weighted by molar-refractivity contribution is 0.0565. The van der Waals surface area contributed by atoms with Gasteiger partial charge >= 0.3 is 0 Å². The summed E-state index contributed by atoms with van der Waals surface area (Å²) in [5.41, 5.74) is 5.90. The molecule has 1 aromatic rings. The molecular weight excluding hydrogens is 404 g/mol. The van der Waals surface area contributed by atoms with E-state index in [0.717, 1.165) is 32.5 Å². The van der Waals surface area contributed by atoms with Gasteiger partial charge in [0.15, 0.2) is 0 Å².